The molecule has 1 aromatic carbocycles. The molecule has 4 nitrogen and oxygen atoms in total. The number of nitrogens with one attached hydrogen (secondary N) is 2. The van der Waals surface area contributed by atoms with Crippen molar-refractivity contribution in [2.24, 2.45) is 0 Å². The molecule has 0 saturated heterocycles. The number of rotatable bonds is 4. The Hall–Kier alpha value is -2.17. The zero-order valence-corrected chi connectivity index (χ0v) is 10.9. The Bertz CT molecular complexity index is 578. The van der Waals surface area contributed by atoms with Gasteiger partial charge in [0.05, 0.1) is 6.42 Å². The van der Waals surface area contributed by atoms with Gasteiger partial charge in [0.1, 0.15) is 5.82 Å². The zero-order valence-electron chi connectivity index (χ0n) is 10.9. The van der Waals surface area contributed by atoms with Crippen molar-refractivity contribution < 1.29 is 9.18 Å². The predicted octanol–water partition coefficient (Wildman–Crippen LogP) is 2.85. The molecule has 0 spiro atoms. The molecule has 1 amide bonds. The van der Waals surface area contributed by atoms with Crippen LogP contribution in [0, 0.1) is 5.82 Å². The van der Waals surface area contributed by atoms with E-state index in [0.717, 1.165) is 5.69 Å². The Morgan fingerprint density at radius 2 is 2.16 bits per heavy atom. The number of amides is 1. The second kappa shape index (κ2) is 5.65. The Morgan fingerprint density at radius 3 is 2.79 bits per heavy atom. The molecule has 0 fully saturated rings. The van der Waals surface area contributed by atoms with Gasteiger partial charge in [-0.2, -0.15) is 5.10 Å². The quantitative estimate of drug-likeness (QED) is 0.889. The van der Waals surface area contributed by atoms with Crippen molar-refractivity contribution in [2.75, 3.05) is 5.32 Å². The number of carbonyl (C=O) groups excluding carboxylic acids is 1. The first-order chi connectivity index (χ1) is 9.06. The summed E-state index contributed by atoms with van der Waals surface area (Å²) in [5.74, 6) is 0.115. The van der Waals surface area contributed by atoms with E-state index in [1.807, 2.05) is 13.8 Å². The van der Waals surface area contributed by atoms with Crippen LogP contribution in [-0.2, 0) is 11.2 Å². The molecular formula is C14H16FN3O. The maximum Gasteiger partial charge on any atom is 0.230 e. The highest BCUT2D eigenvalue weighted by atomic mass is 19.1. The summed E-state index contributed by atoms with van der Waals surface area (Å²) in [7, 11) is 0. The third kappa shape index (κ3) is 3.40. The molecule has 0 unspecified atom stereocenters. The minimum absolute atomic E-state index is 0.00343. The predicted molar refractivity (Wildman–Crippen MR) is 71.4 cm³/mol. The van der Waals surface area contributed by atoms with Gasteiger partial charge in [0.2, 0.25) is 5.91 Å². The Balaban J connectivity index is 1.99. The molecule has 0 aliphatic rings. The largest absolute Gasteiger partial charge is 0.309 e. The number of nitrogens with zero attached hydrogens (tertiary/aromatic N) is 1. The second-order valence-electron chi connectivity index (χ2n) is 4.68. The molecule has 0 aliphatic carbocycles. The molecule has 2 rings (SSSR count). The van der Waals surface area contributed by atoms with Gasteiger partial charge in [0, 0.05) is 11.8 Å². The number of benzene rings is 1. The fourth-order valence-electron chi connectivity index (χ4n) is 1.70. The normalized spacial score (nSPS) is 10.7. The Kier molecular flexibility index (Phi) is 3.94. The Labute approximate surface area is 111 Å². The van der Waals surface area contributed by atoms with Gasteiger partial charge in [0.15, 0.2) is 5.82 Å². The molecule has 2 N–H and O–H groups in total. The highest BCUT2D eigenvalue weighted by molar-refractivity contribution is 5.91. The van der Waals surface area contributed by atoms with E-state index in [2.05, 4.69) is 15.5 Å². The van der Waals surface area contributed by atoms with Gasteiger partial charge in [-0.3, -0.25) is 9.89 Å². The molecular weight excluding hydrogens is 245 g/mol. The number of H-pyrrole nitrogens is 1. The lowest BCUT2D eigenvalue weighted by molar-refractivity contribution is -0.115. The van der Waals surface area contributed by atoms with Crippen LogP contribution >= 0.6 is 0 Å². The molecule has 100 valence electrons. The first-order valence-corrected chi connectivity index (χ1v) is 6.15. The van der Waals surface area contributed by atoms with Crippen molar-refractivity contribution in [3.05, 3.63) is 47.4 Å². The summed E-state index contributed by atoms with van der Waals surface area (Å²) in [6.07, 6.45) is -0.00343. The Morgan fingerprint density at radius 1 is 1.42 bits per heavy atom. The number of aromatic amines is 1. The van der Waals surface area contributed by atoms with Crippen LogP contribution < -0.4 is 5.32 Å². The van der Waals surface area contributed by atoms with Crippen molar-refractivity contribution in [1.82, 2.24) is 10.2 Å². The van der Waals surface area contributed by atoms with Crippen molar-refractivity contribution in [2.45, 2.75) is 26.2 Å². The molecule has 0 saturated carbocycles. The minimum atomic E-state index is -0.373. The van der Waals surface area contributed by atoms with Crippen molar-refractivity contribution >= 4 is 11.7 Å². The fourth-order valence-corrected chi connectivity index (χ4v) is 1.70. The van der Waals surface area contributed by atoms with E-state index >= 15 is 0 Å². The topological polar surface area (TPSA) is 57.8 Å². The summed E-state index contributed by atoms with van der Waals surface area (Å²) >= 11 is 0. The average Bonchev–Trinajstić information content (AvgIpc) is 2.80. The number of halogens is 1. The maximum atomic E-state index is 13.4. The van der Waals surface area contributed by atoms with Crippen LogP contribution in [0.2, 0.25) is 0 Å². The molecule has 2 aromatic rings. The lowest BCUT2D eigenvalue weighted by Gasteiger charge is -2.03. The number of anilines is 1. The highest BCUT2D eigenvalue weighted by Gasteiger charge is 2.10. The average molecular weight is 261 g/mol. The van der Waals surface area contributed by atoms with Gasteiger partial charge < -0.3 is 5.32 Å². The molecule has 0 radical (unpaired) electrons. The zero-order chi connectivity index (χ0) is 13.8. The summed E-state index contributed by atoms with van der Waals surface area (Å²) < 4.78 is 13.4. The molecule has 0 atom stereocenters. The number of aromatic nitrogens is 2. The van der Waals surface area contributed by atoms with Gasteiger partial charge in [-0.15, -0.1) is 0 Å². The molecule has 5 heteroatoms. The lowest BCUT2D eigenvalue weighted by atomic mass is 10.1. The van der Waals surface area contributed by atoms with Crippen molar-refractivity contribution in [3.8, 4) is 0 Å². The van der Waals surface area contributed by atoms with Crippen LogP contribution in [0.25, 0.3) is 0 Å². The molecule has 0 aliphatic heterocycles. The van der Waals surface area contributed by atoms with E-state index in [1.165, 1.54) is 6.07 Å². The van der Waals surface area contributed by atoms with Gasteiger partial charge in [-0.25, -0.2) is 4.39 Å². The summed E-state index contributed by atoms with van der Waals surface area (Å²) in [4.78, 5) is 11.8. The maximum absolute atomic E-state index is 13.4. The smallest absolute Gasteiger partial charge is 0.230 e. The number of hydrogen-bond donors (Lipinski definition) is 2. The van der Waals surface area contributed by atoms with Crippen LogP contribution in [0.3, 0.4) is 0 Å². The van der Waals surface area contributed by atoms with E-state index in [4.69, 9.17) is 0 Å². The van der Waals surface area contributed by atoms with Gasteiger partial charge >= 0.3 is 0 Å². The first kappa shape index (κ1) is 13.3. The second-order valence-corrected chi connectivity index (χ2v) is 4.68. The van der Waals surface area contributed by atoms with Crippen LogP contribution in [0.1, 0.15) is 31.0 Å². The van der Waals surface area contributed by atoms with E-state index in [0.29, 0.717) is 17.3 Å². The van der Waals surface area contributed by atoms with Crippen molar-refractivity contribution in [3.63, 3.8) is 0 Å². The van der Waals surface area contributed by atoms with Crippen LogP contribution in [0.15, 0.2) is 30.3 Å². The van der Waals surface area contributed by atoms with Crippen LogP contribution in [0.4, 0.5) is 10.2 Å². The SMILES string of the molecule is CC(C)c1cc(NC(=O)Cc2ccccc2F)n[nH]1. The number of hydrogen-bond acceptors (Lipinski definition) is 2. The van der Waals surface area contributed by atoms with Crippen LogP contribution in [-0.4, -0.2) is 16.1 Å². The highest BCUT2D eigenvalue weighted by Crippen LogP contribution is 2.15. The van der Waals surface area contributed by atoms with E-state index < -0.39 is 0 Å². The minimum Gasteiger partial charge on any atom is -0.309 e. The van der Waals surface area contributed by atoms with Crippen molar-refractivity contribution in [1.29, 1.82) is 0 Å². The summed E-state index contributed by atoms with van der Waals surface area (Å²) in [5, 5.41) is 9.48. The molecule has 19 heavy (non-hydrogen) atoms. The standard InChI is InChI=1S/C14H16FN3O/c1-9(2)12-8-13(18-17-12)16-14(19)7-10-5-3-4-6-11(10)15/h3-6,8-9H,7H2,1-2H3,(H2,16,17,18,19). The van der Waals surface area contributed by atoms with Gasteiger partial charge in [-0.05, 0) is 17.5 Å². The molecule has 1 aromatic heterocycles. The molecule has 0 bridgehead atoms. The van der Waals surface area contributed by atoms with Crippen LogP contribution in [0.5, 0.6) is 0 Å². The number of carbonyl (C=O) groups is 1. The monoisotopic (exact) mass is 261 g/mol. The molecule has 1 heterocycles. The van der Waals surface area contributed by atoms with Gasteiger partial charge in [0.25, 0.3) is 0 Å². The first-order valence-electron chi connectivity index (χ1n) is 6.15. The third-order valence-electron chi connectivity index (χ3n) is 2.80. The van der Waals surface area contributed by atoms with E-state index in [-0.39, 0.29) is 18.1 Å². The third-order valence-corrected chi connectivity index (χ3v) is 2.80. The van der Waals surface area contributed by atoms with E-state index in [1.54, 1.807) is 24.3 Å². The summed E-state index contributed by atoms with van der Waals surface area (Å²) in [5.41, 5.74) is 1.32. The fraction of sp³-hybridized carbons (Fsp3) is 0.286. The summed E-state index contributed by atoms with van der Waals surface area (Å²) in [6, 6.07) is 8.02. The lowest BCUT2D eigenvalue weighted by Crippen LogP contribution is -2.15. The summed E-state index contributed by atoms with van der Waals surface area (Å²) in [6.45, 7) is 4.05. The van der Waals surface area contributed by atoms with E-state index in [9.17, 15) is 9.18 Å². The van der Waals surface area contributed by atoms with Gasteiger partial charge in [-0.1, -0.05) is 32.0 Å².